The van der Waals surface area contributed by atoms with Crippen molar-refractivity contribution in [1.82, 2.24) is 4.57 Å². The molecule has 0 bridgehead atoms. The maximum Gasteiger partial charge on any atom is 0.252 e. The molecule has 3 rings (SSSR count). The van der Waals surface area contributed by atoms with E-state index in [0.717, 1.165) is 15.8 Å². The number of rotatable bonds is 4. The predicted molar refractivity (Wildman–Crippen MR) is 113 cm³/mol. The van der Waals surface area contributed by atoms with Gasteiger partial charge >= 0.3 is 0 Å². The van der Waals surface area contributed by atoms with E-state index in [2.05, 4.69) is 31.0 Å². The topological polar surface area (TPSA) is 68.5 Å². The molecule has 0 radical (unpaired) electrons. The SMILES string of the molecule is Cc1cc2sc(=NC(=O)Cc3ccc(S(=O)(=O)C(C)C)cc3)n(C)c2cc1C. The lowest BCUT2D eigenvalue weighted by atomic mass is 10.1. The maximum absolute atomic E-state index is 12.4. The van der Waals surface area contributed by atoms with Crippen molar-refractivity contribution in [3.8, 4) is 0 Å². The molecule has 0 aliphatic heterocycles. The van der Waals surface area contributed by atoms with E-state index in [1.54, 1.807) is 38.1 Å². The van der Waals surface area contributed by atoms with Crippen LogP contribution in [0, 0.1) is 13.8 Å². The van der Waals surface area contributed by atoms with Crippen molar-refractivity contribution in [1.29, 1.82) is 0 Å². The summed E-state index contributed by atoms with van der Waals surface area (Å²) < 4.78 is 27.4. The standard InChI is InChI=1S/C21H24N2O3S2/c1-13(2)28(25,26)17-8-6-16(7-9-17)12-20(24)22-21-23(5)18-10-14(3)15(4)11-19(18)27-21/h6-11,13H,12H2,1-5H3. The molecule has 0 N–H and O–H groups in total. The molecule has 0 fully saturated rings. The van der Waals surface area contributed by atoms with Crippen LogP contribution in [0.4, 0.5) is 0 Å². The lowest BCUT2D eigenvalue weighted by molar-refractivity contribution is -0.117. The molecular formula is C21H24N2O3S2. The first-order chi connectivity index (χ1) is 13.1. The summed E-state index contributed by atoms with van der Waals surface area (Å²) in [6.07, 6.45) is 0.133. The molecule has 0 unspecified atom stereocenters. The number of hydrogen-bond acceptors (Lipinski definition) is 4. The van der Waals surface area contributed by atoms with E-state index < -0.39 is 15.1 Å². The number of sulfone groups is 1. The van der Waals surface area contributed by atoms with Gasteiger partial charge in [-0.2, -0.15) is 4.99 Å². The highest BCUT2D eigenvalue weighted by atomic mass is 32.2. The van der Waals surface area contributed by atoms with E-state index in [1.165, 1.54) is 22.5 Å². The van der Waals surface area contributed by atoms with Gasteiger partial charge in [0.25, 0.3) is 5.91 Å². The van der Waals surface area contributed by atoms with Crippen molar-refractivity contribution in [2.75, 3.05) is 0 Å². The van der Waals surface area contributed by atoms with E-state index >= 15 is 0 Å². The van der Waals surface area contributed by atoms with Gasteiger partial charge in [-0.05, 0) is 68.7 Å². The quantitative estimate of drug-likeness (QED) is 0.651. The van der Waals surface area contributed by atoms with Gasteiger partial charge in [-0.15, -0.1) is 0 Å². The third-order valence-corrected chi connectivity index (χ3v) is 8.14. The summed E-state index contributed by atoms with van der Waals surface area (Å²) in [5, 5.41) is -0.477. The Kier molecular flexibility index (Phi) is 5.59. The molecule has 0 aliphatic carbocycles. The number of amides is 1. The fourth-order valence-corrected chi connectivity index (χ4v) is 5.05. The van der Waals surface area contributed by atoms with Crippen molar-refractivity contribution < 1.29 is 13.2 Å². The molecule has 1 aromatic heterocycles. The van der Waals surface area contributed by atoms with Gasteiger partial charge in [-0.3, -0.25) is 4.79 Å². The monoisotopic (exact) mass is 416 g/mol. The molecule has 1 heterocycles. The van der Waals surface area contributed by atoms with E-state index in [9.17, 15) is 13.2 Å². The molecule has 3 aromatic rings. The Hall–Kier alpha value is -2.25. The zero-order valence-electron chi connectivity index (χ0n) is 16.7. The van der Waals surface area contributed by atoms with Gasteiger partial charge in [0.05, 0.1) is 26.8 Å². The highest BCUT2D eigenvalue weighted by molar-refractivity contribution is 7.92. The van der Waals surface area contributed by atoms with Crippen LogP contribution in [0.3, 0.4) is 0 Å². The normalized spacial score (nSPS) is 12.9. The Morgan fingerprint density at radius 1 is 1.11 bits per heavy atom. The van der Waals surface area contributed by atoms with Crippen molar-refractivity contribution in [3.05, 3.63) is 57.9 Å². The van der Waals surface area contributed by atoms with Gasteiger partial charge in [0, 0.05) is 7.05 Å². The summed E-state index contributed by atoms with van der Waals surface area (Å²) in [5.74, 6) is -0.255. The van der Waals surface area contributed by atoms with Crippen LogP contribution in [0.2, 0.25) is 0 Å². The number of benzene rings is 2. The average molecular weight is 417 g/mol. The number of aromatic nitrogens is 1. The minimum Gasteiger partial charge on any atom is -0.319 e. The van der Waals surface area contributed by atoms with Crippen molar-refractivity contribution in [3.63, 3.8) is 0 Å². The summed E-state index contributed by atoms with van der Waals surface area (Å²) >= 11 is 1.49. The van der Waals surface area contributed by atoms with Crippen LogP contribution in [0.5, 0.6) is 0 Å². The van der Waals surface area contributed by atoms with Gasteiger partial charge in [-0.1, -0.05) is 23.5 Å². The van der Waals surface area contributed by atoms with Crippen LogP contribution in [-0.4, -0.2) is 24.1 Å². The number of carbonyl (C=O) groups excluding carboxylic acids is 1. The molecule has 0 saturated heterocycles. The Balaban J connectivity index is 1.86. The van der Waals surface area contributed by atoms with E-state index in [0.29, 0.717) is 4.80 Å². The molecule has 0 atom stereocenters. The molecule has 2 aromatic carbocycles. The highest BCUT2D eigenvalue weighted by Crippen LogP contribution is 2.21. The molecule has 1 amide bonds. The fraction of sp³-hybridized carbons (Fsp3) is 0.333. The Morgan fingerprint density at radius 2 is 1.71 bits per heavy atom. The average Bonchev–Trinajstić information content (AvgIpc) is 2.91. The molecule has 0 saturated carbocycles. The molecule has 0 spiro atoms. The second-order valence-corrected chi connectivity index (χ2v) is 10.8. The smallest absolute Gasteiger partial charge is 0.252 e. The summed E-state index contributed by atoms with van der Waals surface area (Å²) in [6.45, 7) is 7.44. The van der Waals surface area contributed by atoms with E-state index in [-0.39, 0.29) is 17.2 Å². The largest absolute Gasteiger partial charge is 0.319 e. The van der Waals surface area contributed by atoms with Crippen LogP contribution >= 0.6 is 11.3 Å². The first kappa shape index (κ1) is 20.5. The Morgan fingerprint density at radius 3 is 2.32 bits per heavy atom. The lowest BCUT2D eigenvalue weighted by Gasteiger charge is -2.08. The Labute approximate surface area is 169 Å². The van der Waals surface area contributed by atoms with Gasteiger partial charge in [0.15, 0.2) is 14.6 Å². The first-order valence-corrected chi connectivity index (χ1v) is 11.4. The zero-order valence-corrected chi connectivity index (χ0v) is 18.3. The van der Waals surface area contributed by atoms with Gasteiger partial charge in [0.2, 0.25) is 0 Å². The van der Waals surface area contributed by atoms with Crippen molar-refractivity contribution in [2.24, 2.45) is 12.0 Å². The fourth-order valence-electron chi connectivity index (χ4n) is 2.88. The van der Waals surface area contributed by atoms with Crippen LogP contribution in [0.1, 0.15) is 30.5 Å². The van der Waals surface area contributed by atoms with Crippen LogP contribution in [0.25, 0.3) is 10.2 Å². The third kappa shape index (κ3) is 3.95. The molecule has 7 heteroatoms. The summed E-state index contributed by atoms with van der Waals surface area (Å²) in [6, 6.07) is 10.7. The van der Waals surface area contributed by atoms with Gasteiger partial charge in [-0.25, -0.2) is 8.42 Å². The third-order valence-electron chi connectivity index (χ3n) is 4.87. The van der Waals surface area contributed by atoms with E-state index in [1.807, 2.05) is 11.6 Å². The minimum atomic E-state index is -3.31. The van der Waals surface area contributed by atoms with Crippen molar-refractivity contribution >= 4 is 37.3 Å². The van der Waals surface area contributed by atoms with Crippen LogP contribution in [0.15, 0.2) is 46.3 Å². The molecule has 0 aliphatic rings. The molecule has 5 nitrogen and oxygen atoms in total. The number of thiazole rings is 1. The second-order valence-electron chi connectivity index (χ2n) is 7.27. The molecular weight excluding hydrogens is 392 g/mol. The number of nitrogens with zero attached hydrogens (tertiary/aromatic N) is 2. The number of aryl methyl sites for hydroxylation is 3. The van der Waals surface area contributed by atoms with Gasteiger partial charge < -0.3 is 4.57 Å². The maximum atomic E-state index is 12.4. The molecule has 148 valence electrons. The summed E-state index contributed by atoms with van der Waals surface area (Å²) in [5.41, 5.74) is 4.22. The van der Waals surface area contributed by atoms with Crippen molar-refractivity contribution in [2.45, 2.75) is 44.3 Å². The summed E-state index contributed by atoms with van der Waals surface area (Å²) in [4.78, 5) is 17.6. The Bertz CT molecular complexity index is 1220. The second kappa shape index (κ2) is 7.64. The zero-order chi connectivity index (χ0) is 20.6. The highest BCUT2D eigenvalue weighted by Gasteiger charge is 2.18. The minimum absolute atomic E-state index is 0.133. The van der Waals surface area contributed by atoms with Crippen LogP contribution in [-0.2, 0) is 28.1 Å². The number of hydrogen-bond donors (Lipinski definition) is 0. The van der Waals surface area contributed by atoms with Crippen LogP contribution < -0.4 is 4.80 Å². The predicted octanol–water partition coefficient (Wildman–Crippen LogP) is 3.71. The van der Waals surface area contributed by atoms with E-state index in [4.69, 9.17) is 0 Å². The number of fused-ring (bicyclic) bond motifs is 1. The number of carbonyl (C=O) groups is 1. The first-order valence-electron chi connectivity index (χ1n) is 9.07. The van der Waals surface area contributed by atoms with Gasteiger partial charge in [0.1, 0.15) is 0 Å². The summed E-state index contributed by atoms with van der Waals surface area (Å²) in [7, 11) is -1.40. The molecule has 28 heavy (non-hydrogen) atoms. The lowest BCUT2D eigenvalue weighted by Crippen LogP contribution is -2.15.